The van der Waals surface area contributed by atoms with Crippen LogP contribution in [0.15, 0.2) is 59.4 Å². The highest BCUT2D eigenvalue weighted by Gasteiger charge is 2.10. The molecule has 0 saturated carbocycles. The molecule has 3 aromatic rings. The molecule has 0 fully saturated rings. The van der Waals surface area contributed by atoms with Crippen molar-refractivity contribution in [2.75, 3.05) is 6.54 Å². The first kappa shape index (κ1) is 17.8. The number of hydrogen-bond donors (Lipinski definition) is 1. The molecular weight excluding hydrogens is 328 g/mol. The number of aromatic nitrogens is 3. The van der Waals surface area contributed by atoms with Crippen LogP contribution in [0.2, 0.25) is 0 Å². The molecule has 0 aliphatic rings. The number of benzene rings is 1. The van der Waals surface area contributed by atoms with Crippen LogP contribution < -0.4 is 5.32 Å². The molecular formula is C20H22N4O2. The van der Waals surface area contributed by atoms with Crippen LogP contribution in [-0.4, -0.2) is 27.6 Å². The molecule has 0 spiro atoms. The van der Waals surface area contributed by atoms with E-state index in [-0.39, 0.29) is 5.91 Å². The second-order valence-electron chi connectivity index (χ2n) is 6.04. The molecule has 2 aromatic heterocycles. The molecule has 1 aromatic carbocycles. The van der Waals surface area contributed by atoms with Crippen LogP contribution in [-0.2, 0) is 17.6 Å². The number of nitrogens with one attached hydrogen (secondary N) is 1. The molecule has 1 amide bonds. The van der Waals surface area contributed by atoms with E-state index >= 15 is 0 Å². The van der Waals surface area contributed by atoms with Crippen LogP contribution in [0.1, 0.15) is 30.7 Å². The van der Waals surface area contributed by atoms with E-state index in [0.29, 0.717) is 31.1 Å². The van der Waals surface area contributed by atoms with Crippen LogP contribution in [0, 0.1) is 0 Å². The van der Waals surface area contributed by atoms with Gasteiger partial charge in [0.25, 0.3) is 0 Å². The second-order valence-corrected chi connectivity index (χ2v) is 6.04. The van der Waals surface area contributed by atoms with Gasteiger partial charge >= 0.3 is 0 Å². The zero-order valence-corrected chi connectivity index (χ0v) is 14.6. The number of rotatable bonds is 9. The van der Waals surface area contributed by atoms with E-state index < -0.39 is 0 Å². The number of carbonyl (C=O) groups is 1. The summed E-state index contributed by atoms with van der Waals surface area (Å²) >= 11 is 0. The molecule has 2 heterocycles. The molecule has 0 radical (unpaired) electrons. The summed E-state index contributed by atoms with van der Waals surface area (Å²) in [5.41, 5.74) is 2.18. The zero-order valence-electron chi connectivity index (χ0n) is 14.6. The van der Waals surface area contributed by atoms with Crippen molar-refractivity contribution in [3.63, 3.8) is 0 Å². The van der Waals surface area contributed by atoms with Crippen molar-refractivity contribution in [1.29, 1.82) is 0 Å². The maximum Gasteiger partial charge on any atom is 0.227 e. The van der Waals surface area contributed by atoms with Gasteiger partial charge in [0.2, 0.25) is 17.6 Å². The molecule has 6 nitrogen and oxygen atoms in total. The van der Waals surface area contributed by atoms with Gasteiger partial charge in [0.1, 0.15) is 0 Å². The highest BCUT2D eigenvalue weighted by molar-refractivity contribution is 5.75. The number of pyridine rings is 1. The van der Waals surface area contributed by atoms with Crippen LogP contribution in [0.3, 0.4) is 0 Å². The Morgan fingerprint density at radius 2 is 1.81 bits per heavy atom. The number of aryl methyl sites for hydroxylation is 2. The molecule has 0 bridgehead atoms. The molecule has 0 unspecified atom stereocenters. The fraction of sp³-hybridized carbons (Fsp3) is 0.300. The van der Waals surface area contributed by atoms with Gasteiger partial charge < -0.3 is 9.84 Å². The van der Waals surface area contributed by atoms with Gasteiger partial charge in [0, 0.05) is 37.3 Å². The largest absolute Gasteiger partial charge is 0.356 e. The predicted molar refractivity (Wildman–Crippen MR) is 98.2 cm³/mol. The maximum absolute atomic E-state index is 11.9. The quantitative estimate of drug-likeness (QED) is 0.599. The molecule has 6 heteroatoms. The highest BCUT2D eigenvalue weighted by atomic mass is 16.5. The van der Waals surface area contributed by atoms with Gasteiger partial charge in [-0.05, 0) is 37.0 Å². The summed E-state index contributed by atoms with van der Waals surface area (Å²) in [7, 11) is 0. The molecule has 134 valence electrons. The average molecular weight is 350 g/mol. The van der Waals surface area contributed by atoms with Crippen LogP contribution in [0.5, 0.6) is 0 Å². The van der Waals surface area contributed by atoms with Crippen molar-refractivity contribution >= 4 is 5.91 Å². The summed E-state index contributed by atoms with van der Waals surface area (Å²) in [5, 5.41) is 6.87. The first-order chi connectivity index (χ1) is 12.8. The topological polar surface area (TPSA) is 80.9 Å². The van der Waals surface area contributed by atoms with Gasteiger partial charge in [-0.1, -0.05) is 35.5 Å². The first-order valence-electron chi connectivity index (χ1n) is 8.85. The van der Waals surface area contributed by atoms with E-state index in [1.807, 2.05) is 18.2 Å². The third-order valence-electron chi connectivity index (χ3n) is 4.03. The number of amides is 1. The van der Waals surface area contributed by atoms with Crippen LogP contribution in [0.4, 0.5) is 0 Å². The summed E-state index contributed by atoms with van der Waals surface area (Å²) in [6.07, 6.45) is 7.20. The fourth-order valence-corrected chi connectivity index (χ4v) is 2.61. The lowest BCUT2D eigenvalue weighted by atomic mass is 10.1. The van der Waals surface area contributed by atoms with Crippen molar-refractivity contribution in [3.05, 3.63) is 66.3 Å². The maximum atomic E-state index is 11.9. The van der Waals surface area contributed by atoms with E-state index in [1.54, 1.807) is 12.4 Å². The van der Waals surface area contributed by atoms with E-state index in [4.69, 9.17) is 4.52 Å². The summed E-state index contributed by atoms with van der Waals surface area (Å²) in [4.78, 5) is 20.2. The molecule has 3 rings (SSSR count). The van der Waals surface area contributed by atoms with Crippen molar-refractivity contribution in [3.8, 4) is 11.4 Å². The Labute approximate surface area is 152 Å². The van der Waals surface area contributed by atoms with Gasteiger partial charge in [-0.3, -0.25) is 9.78 Å². The van der Waals surface area contributed by atoms with Gasteiger partial charge in [0.05, 0.1) is 0 Å². The second kappa shape index (κ2) is 9.46. The Morgan fingerprint density at radius 3 is 2.62 bits per heavy atom. The zero-order chi connectivity index (χ0) is 18.0. The predicted octanol–water partition coefficient (Wildman–Crippen LogP) is 3.20. The Bertz CT molecular complexity index is 803. The normalized spacial score (nSPS) is 10.6. The minimum Gasteiger partial charge on any atom is -0.356 e. The third kappa shape index (κ3) is 5.51. The Balaban J connectivity index is 1.32. The summed E-state index contributed by atoms with van der Waals surface area (Å²) in [6, 6.07) is 14.0. The van der Waals surface area contributed by atoms with Crippen LogP contribution >= 0.6 is 0 Å². The Morgan fingerprint density at radius 1 is 1.00 bits per heavy atom. The molecule has 26 heavy (non-hydrogen) atoms. The monoisotopic (exact) mass is 350 g/mol. The average Bonchev–Trinajstić information content (AvgIpc) is 3.17. The van der Waals surface area contributed by atoms with Crippen LogP contribution in [0.25, 0.3) is 11.4 Å². The minimum atomic E-state index is 0.00775. The van der Waals surface area contributed by atoms with E-state index in [1.165, 1.54) is 5.56 Å². The molecule has 0 aliphatic carbocycles. The van der Waals surface area contributed by atoms with Gasteiger partial charge in [-0.25, -0.2) is 0 Å². The van der Waals surface area contributed by atoms with Gasteiger partial charge in [0.15, 0.2) is 0 Å². The fourth-order valence-electron chi connectivity index (χ4n) is 2.61. The van der Waals surface area contributed by atoms with Crippen molar-refractivity contribution in [2.45, 2.75) is 32.1 Å². The Hall–Kier alpha value is -3.02. The van der Waals surface area contributed by atoms with Crippen molar-refractivity contribution in [1.82, 2.24) is 20.4 Å². The smallest absolute Gasteiger partial charge is 0.227 e. The number of nitrogens with zero attached hydrogens (tertiary/aromatic N) is 3. The number of carbonyl (C=O) groups excluding carboxylic acids is 1. The van der Waals surface area contributed by atoms with Crippen molar-refractivity contribution < 1.29 is 9.32 Å². The molecule has 1 N–H and O–H groups in total. The van der Waals surface area contributed by atoms with Gasteiger partial charge in [-0.2, -0.15) is 4.98 Å². The molecule has 0 saturated heterocycles. The van der Waals surface area contributed by atoms with E-state index in [9.17, 15) is 4.79 Å². The lowest BCUT2D eigenvalue weighted by molar-refractivity contribution is -0.121. The third-order valence-corrected chi connectivity index (χ3v) is 4.03. The van der Waals surface area contributed by atoms with Gasteiger partial charge in [-0.15, -0.1) is 0 Å². The summed E-state index contributed by atoms with van der Waals surface area (Å²) < 4.78 is 5.20. The van der Waals surface area contributed by atoms with E-state index in [2.05, 4.69) is 44.7 Å². The number of hydrogen-bond acceptors (Lipinski definition) is 5. The van der Waals surface area contributed by atoms with E-state index in [0.717, 1.165) is 24.8 Å². The number of unbranched alkanes of at least 4 members (excludes halogenated alkanes) is 1. The molecule has 0 aliphatic heterocycles. The highest BCUT2D eigenvalue weighted by Crippen LogP contribution is 2.14. The Kier molecular flexibility index (Phi) is 6.47. The lowest BCUT2D eigenvalue weighted by Crippen LogP contribution is -2.24. The van der Waals surface area contributed by atoms with Crippen molar-refractivity contribution in [2.24, 2.45) is 0 Å². The standard InChI is InChI=1S/C20H22N4O2/c25-18(22-13-5-4-8-16-6-2-1-3-7-16)9-10-19-23-20(24-26-19)17-11-14-21-15-12-17/h1-3,6-7,11-12,14-15H,4-5,8-10,13H2,(H,22,25). The first-order valence-corrected chi connectivity index (χ1v) is 8.85. The summed E-state index contributed by atoms with van der Waals surface area (Å²) in [5.74, 6) is 0.994. The minimum absolute atomic E-state index is 0.00775. The SMILES string of the molecule is O=C(CCc1nc(-c2ccncc2)no1)NCCCCc1ccccc1. The lowest BCUT2D eigenvalue weighted by Gasteiger charge is -2.04. The molecule has 0 atom stereocenters. The summed E-state index contributed by atoms with van der Waals surface area (Å²) in [6.45, 7) is 0.692.